The molecule has 2 N–H and O–H groups in total. The summed E-state index contributed by atoms with van der Waals surface area (Å²) in [5, 5.41) is 11.4. The van der Waals surface area contributed by atoms with Gasteiger partial charge in [-0.15, -0.1) is 0 Å². The molecule has 1 aromatic carbocycles. The molecule has 0 spiro atoms. The van der Waals surface area contributed by atoms with Gasteiger partial charge in [-0.25, -0.2) is 8.42 Å². The van der Waals surface area contributed by atoms with Crippen LogP contribution in [0.15, 0.2) is 24.3 Å². The third-order valence-electron chi connectivity index (χ3n) is 3.46. The number of halogens is 3. The lowest BCUT2D eigenvalue weighted by molar-refractivity contribution is -0.141. The Hall–Kier alpha value is -2.14. The monoisotopic (exact) mass is 396 g/mol. The van der Waals surface area contributed by atoms with Crippen molar-refractivity contribution in [2.24, 2.45) is 0 Å². The fourth-order valence-electron chi connectivity index (χ4n) is 2.17. The predicted molar refractivity (Wildman–Crippen MR) is 86.6 cm³/mol. The van der Waals surface area contributed by atoms with E-state index in [2.05, 4.69) is 5.32 Å². The lowest BCUT2D eigenvalue weighted by Crippen LogP contribution is -2.47. The number of aliphatic carboxylic acids is 1. The maximum absolute atomic E-state index is 12.8. The van der Waals surface area contributed by atoms with Crippen molar-refractivity contribution in [3.05, 3.63) is 35.4 Å². The summed E-state index contributed by atoms with van der Waals surface area (Å²) in [7, 11) is -4.25. The molecule has 0 radical (unpaired) electrons. The second-order valence-corrected chi connectivity index (χ2v) is 7.48. The molecule has 0 aliphatic rings. The number of alkyl halides is 3. The van der Waals surface area contributed by atoms with Crippen LogP contribution in [-0.4, -0.2) is 48.8 Å². The van der Waals surface area contributed by atoms with E-state index in [4.69, 9.17) is 5.11 Å². The number of hydrogen-bond acceptors (Lipinski definition) is 4. The van der Waals surface area contributed by atoms with Crippen LogP contribution in [0.25, 0.3) is 0 Å². The molecule has 1 aromatic rings. The van der Waals surface area contributed by atoms with Crippen LogP contribution >= 0.6 is 0 Å². The molecule has 0 fully saturated rings. The zero-order chi connectivity index (χ0) is 20.1. The summed E-state index contributed by atoms with van der Waals surface area (Å²) >= 11 is 0. The number of nitrogens with zero attached hydrogens (tertiary/aromatic N) is 1. The Morgan fingerprint density at radius 1 is 1.31 bits per heavy atom. The van der Waals surface area contributed by atoms with Crippen molar-refractivity contribution >= 4 is 21.9 Å². The van der Waals surface area contributed by atoms with Gasteiger partial charge in [-0.05, 0) is 18.6 Å². The van der Waals surface area contributed by atoms with Gasteiger partial charge in [0.05, 0.1) is 11.3 Å². The molecule has 11 heteroatoms. The quantitative estimate of drug-likeness (QED) is 0.692. The summed E-state index contributed by atoms with van der Waals surface area (Å²) in [4.78, 5) is 22.1. The normalized spacial score (nSPS) is 13.5. The largest absolute Gasteiger partial charge is 0.480 e. The van der Waals surface area contributed by atoms with Gasteiger partial charge in [0.1, 0.15) is 6.04 Å². The second-order valence-electron chi connectivity index (χ2n) is 5.56. The molecular formula is C15H19F3N2O5S. The molecule has 0 aromatic heterocycles. The molecular weight excluding hydrogens is 377 g/mol. The summed E-state index contributed by atoms with van der Waals surface area (Å²) in [6, 6.07) is 2.36. The molecule has 0 saturated heterocycles. The van der Waals surface area contributed by atoms with Crippen molar-refractivity contribution in [3.8, 4) is 0 Å². The van der Waals surface area contributed by atoms with Gasteiger partial charge in [-0.2, -0.15) is 17.5 Å². The maximum Gasteiger partial charge on any atom is 0.416 e. The first-order valence-electron chi connectivity index (χ1n) is 7.47. The Morgan fingerprint density at radius 3 is 2.42 bits per heavy atom. The minimum atomic E-state index is -4.63. The minimum absolute atomic E-state index is 0.123. The molecule has 1 unspecified atom stereocenters. The molecule has 0 bridgehead atoms. The predicted octanol–water partition coefficient (Wildman–Crippen LogP) is 1.45. The number of rotatable bonds is 8. The average molecular weight is 396 g/mol. The zero-order valence-electron chi connectivity index (χ0n) is 14.1. The van der Waals surface area contributed by atoms with Crippen LogP contribution in [-0.2, 0) is 31.5 Å². The van der Waals surface area contributed by atoms with Crippen molar-refractivity contribution < 1.29 is 36.3 Å². The van der Waals surface area contributed by atoms with Crippen molar-refractivity contribution in [2.75, 3.05) is 13.1 Å². The Bertz CT molecular complexity index is 765. The van der Waals surface area contributed by atoms with Crippen LogP contribution in [0.4, 0.5) is 13.2 Å². The van der Waals surface area contributed by atoms with E-state index in [1.807, 2.05) is 0 Å². The van der Waals surface area contributed by atoms with Gasteiger partial charge in [0.2, 0.25) is 15.9 Å². The fraction of sp³-hybridized carbons (Fsp3) is 0.467. The zero-order valence-corrected chi connectivity index (χ0v) is 14.9. The van der Waals surface area contributed by atoms with E-state index in [1.54, 1.807) is 0 Å². The van der Waals surface area contributed by atoms with E-state index in [1.165, 1.54) is 13.0 Å². The lowest BCUT2D eigenvalue weighted by Gasteiger charge is -2.26. The van der Waals surface area contributed by atoms with Gasteiger partial charge in [-0.3, -0.25) is 9.59 Å². The van der Waals surface area contributed by atoms with E-state index in [9.17, 15) is 31.2 Å². The number of carbonyl (C=O) groups excluding carboxylic acids is 1. The van der Waals surface area contributed by atoms with E-state index in [-0.39, 0.29) is 18.7 Å². The second kappa shape index (κ2) is 8.49. The highest BCUT2D eigenvalue weighted by atomic mass is 32.2. The molecule has 26 heavy (non-hydrogen) atoms. The highest BCUT2D eigenvalue weighted by Gasteiger charge is 2.33. The highest BCUT2D eigenvalue weighted by Crippen LogP contribution is 2.30. The van der Waals surface area contributed by atoms with Crippen LogP contribution in [0.1, 0.15) is 25.0 Å². The van der Waals surface area contributed by atoms with Crippen molar-refractivity contribution in [2.45, 2.75) is 31.8 Å². The minimum Gasteiger partial charge on any atom is -0.480 e. The highest BCUT2D eigenvalue weighted by molar-refractivity contribution is 7.88. The van der Waals surface area contributed by atoms with Gasteiger partial charge >= 0.3 is 12.1 Å². The molecule has 1 amide bonds. The molecule has 0 heterocycles. The van der Waals surface area contributed by atoms with Crippen LogP contribution in [0, 0.1) is 0 Å². The first-order valence-corrected chi connectivity index (χ1v) is 9.08. The van der Waals surface area contributed by atoms with E-state index in [0.29, 0.717) is 10.4 Å². The molecule has 7 nitrogen and oxygen atoms in total. The molecule has 0 aliphatic heterocycles. The molecule has 1 rings (SSSR count). The van der Waals surface area contributed by atoms with Crippen molar-refractivity contribution in [1.29, 1.82) is 0 Å². The Morgan fingerprint density at radius 2 is 1.92 bits per heavy atom. The summed E-state index contributed by atoms with van der Waals surface area (Å²) in [6.07, 6.45) is -4.63. The van der Waals surface area contributed by atoms with Gasteiger partial charge < -0.3 is 10.4 Å². The number of benzene rings is 1. The summed E-state index contributed by atoms with van der Waals surface area (Å²) in [6.45, 7) is 1.89. The van der Waals surface area contributed by atoms with E-state index < -0.39 is 45.4 Å². The Labute approximate surface area is 148 Å². The lowest BCUT2D eigenvalue weighted by atomic mass is 10.1. The van der Waals surface area contributed by atoms with Crippen molar-refractivity contribution in [3.63, 3.8) is 0 Å². The van der Waals surface area contributed by atoms with Crippen LogP contribution < -0.4 is 5.32 Å². The number of amides is 1. The summed E-state index contributed by atoms with van der Waals surface area (Å²) in [5.41, 5.74) is -1.12. The Balaban J connectivity index is 3.08. The van der Waals surface area contributed by atoms with Crippen LogP contribution in [0.3, 0.4) is 0 Å². The molecule has 1 atom stereocenters. The third kappa shape index (κ3) is 6.30. The number of hydrogen-bond donors (Lipinski definition) is 2. The molecule has 0 saturated carbocycles. The summed E-state index contributed by atoms with van der Waals surface area (Å²) < 4.78 is 64.0. The number of carbonyl (C=O) groups is 2. The maximum atomic E-state index is 12.8. The van der Waals surface area contributed by atoms with Gasteiger partial charge in [-0.1, -0.05) is 18.2 Å². The van der Waals surface area contributed by atoms with Crippen LogP contribution in [0.5, 0.6) is 0 Å². The average Bonchev–Trinajstić information content (AvgIpc) is 2.49. The third-order valence-corrected chi connectivity index (χ3v) is 5.37. The molecule has 0 aliphatic carbocycles. The number of sulfonamides is 1. The van der Waals surface area contributed by atoms with Gasteiger partial charge in [0.15, 0.2) is 0 Å². The SMILES string of the molecule is CC(=O)NCCN(C(C)C(=O)O)S(=O)(=O)Cc1cccc(C(F)(F)F)c1. The first kappa shape index (κ1) is 21.9. The topological polar surface area (TPSA) is 104 Å². The first-order chi connectivity index (χ1) is 11.8. The van der Waals surface area contributed by atoms with Crippen LogP contribution in [0.2, 0.25) is 0 Å². The molecule has 146 valence electrons. The standard InChI is InChI=1S/C15H19F3N2O5S/c1-10(14(22)23)20(7-6-19-11(2)21)26(24,25)9-12-4-3-5-13(8-12)15(16,17)18/h3-5,8,10H,6-7,9H2,1-2H3,(H,19,21)(H,22,23). The van der Waals surface area contributed by atoms with Crippen molar-refractivity contribution in [1.82, 2.24) is 9.62 Å². The number of carboxylic acid groups (broad SMARTS) is 1. The number of nitrogens with one attached hydrogen (secondary N) is 1. The fourth-order valence-corrected chi connectivity index (χ4v) is 3.88. The number of carboxylic acids is 1. The van der Waals surface area contributed by atoms with E-state index >= 15 is 0 Å². The van der Waals surface area contributed by atoms with Gasteiger partial charge in [0, 0.05) is 20.0 Å². The summed E-state index contributed by atoms with van der Waals surface area (Å²) in [5.74, 6) is -2.64. The smallest absolute Gasteiger partial charge is 0.416 e. The Kier molecular flexibility index (Phi) is 7.16. The van der Waals surface area contributed by atoms with E-state index in [0.717, 1.165) is 19.1 Å². The van der Waals surface area contributed by atoms with Gasteiger partial charge in [0.25, 0.3) is 0 Å².